The number of esters is 2. The monoisotopic (exact) mass is 274 g/mol. The largest absolute Gasteiger partial charge is 0.478 e. The number of allylic oxidation sites excluding steroid dienone is 1. The molecule has 1 aliphatic carbocycles. The Balaban J connectivity index is 0.000000151. The molecule has 1 fully saturated rings. The smallest absolute Gasteiger partial charge is 0.335 e. The molecule has 5 heteroatoms. The van der Waals surface area contributed by atoms with Crippen LogP contribution in [-0.2, 0) is 14.3 Å². The van der Waals surface area contributed by atoms with Crippen LogP contribution in [0.5, 0.6) is 0 Å². The lowest BCUT2D eigenvalue weighted by atomic mass is 9.86. The third-order valence-electron chi connectivity index (χ3n) is 3.22. The molecule has 3 rings (SSSR count). The minimum atomic E-state index is -0.879. The van der Waals surface area contributed by atoms with E-state index >= 15 is 0 Å². The fraction of sp³-hybridized carbons (Fsp3) is 0.267. The van der Waals surface area contributed by atoms with Crippen LogP contribution < -0.4 is 0 Å². The maximum Gasteiger partial charge on any atom is 0.335 e. The molecular weight excluding hydrogens is 260 g/mol. The number of ether oxygens (including phenoxy) is 1. The van der Waals surface area contributed by atoms with E-state index < -0.39 is 5.97 Å². The summed E-state index contributed by atoms with van der Waals surface area (Å²) >= 11 is 0. The van der Waals surface area contributed by atoms with Gasteiger partial charge < -0.3 is 9.84 Å². The second-order valence-electron chi connectivity index (χ2n) is 4.55. The molecule has 2 unspecified atom stereocenters. The SMILES string of the molecule is O=C(O)c1ccccc1.O=C1OC(=O)C2CCC=CC12. The molecule has 1 heterocycles. The standard InChI is InChI=1S/C8H8O3.C7H6O2/c9-7-5-3-1-2-4-6(5)8(10)11-7;8-7(9)6-4-2-1-3-5-6/h1,3,5-6H,2,4H2;1-5H,(H,8,9). The van der Waals surface area contributed by atoms with Crippen LogP contribution in [0.1, 0.15) is 23.2 Å². The zero-order chi connectivity index (χ0) is 14.5. The molecular formula is C15H14O5. The molecule has 1 aromatic rings. The Bertz CT molecular complexity index is 547. The van der Waals surface area contributed by atoms with Crippen LogP contribution >= 0.6 is 0 Å². The zero-order valence-corrected chi connectivity index (χ0v) is 10.7. The zero-order valence-electron chi connectivity index (χ0n) is 10.7. The highest BCUT2D eigenvalue weighted by atomic mass is 16.6. The quantitative estimate of drug-likeness (QED) is 0.481. The van der Waals surface area contributed by atoms with Gasteiger partial charge in [0.2, 0.25) is 0 Å². The van der Waals surface area contributed by atoms with Gasteiger partial charge in [0.15, 0.2) is 0 Å². The second-order valence-corrected chi connectivity index (χ2v) is 4.55. The lowest BCUT2D eigenvalue weighted by molar-refractivity contribution is -0.153. The van der Waals surface area contributed by atoms with Crippen LogP contribution in [0.25, 0.3) is 0 Å². The van der Waals surface area contributed by atoms with Crippen LogP contribution in [0.3, 0.4) is 0 Å². The maximum absolute atomic E-state index is 10.9. The fourth-order valence-corrected chi connectivity index (χ4v) is 2.16. The number of benzene rings is 1. The van der Waals surface area contributed by atoms with Crippen LogP contribution in [-0.4, -0.2) is 23.0 Å². The van der Waals surface area contributed by atoms with Gasteiger partial charge in [-0.2, -0.15) is 0 Å². The first-order chi connectivity index (χ1) is 9.59. The van der Waals surface area contributed by atoms with E-state index in [1.807, 2.05) is 6.08 Å². The highest BCUT2D eigenvalue weighted by Crippen LogP contribution is 2.32. The highest BCUT2D eigenvalue weighted by Gasteiger charge is 2.43. The number of aromatic carboxylic acids is 1. The van der Waals surface area contributed by atoms with Crippen LogP contribution in [0.15, 0.2) is 42.5 Å². The number of carbonyl (C=O) groups excluding carboxylic acids is 2. The minimum Gasteiger partial charge on any atom is -0.478 e. The molecule has 1 aliphatic heterocycles. The number of rotatable bonds is 1. The molecule has 0 aromatic heterocycles. The van der Waals surface area contributed by atoms with Crippen LogP contribution in [0, 0.1) is 11.8 Å². The van der Waals surface area contributed by atoms with E-state index in [-0.39, 0.29) is 23.8 Å². The number of carbonyl (C=O) groups is 3. The molecule has 20 heavy (non-hydrogen) atoms. The van der Waals surface area contributed by atoms with Gasteiger partial charge in [0.1, 0.15) is 0 Å². The third kappa shape index (κ3) is 3.12. The minimum absolute atomic E-state index is 0.188. The molecule has 1 aromatic carbocycles. The Kier molecular flexibility index (Phi) is 4.30. The Hall–Kier alpha value is -2.43. The molecule has 0 saturated carbocycles. The number of carboxylic acids is 1. The number of fused-ring (bicyclic) bond motifs is 1. The highest BCUT2D eigenvalue weighted by molar-refractivity contribution is 5.97. The Morgan fingerprint density at radius 1 is 1.15 bits per heavy atom. The summed E-state index contributed by atoms with van der Waals surface area (Å²) in [6, 6.07) is 8.30. The van der Waals surface area contributed by atoms with E-state index in [1.54, 1.807) is 36.4 Å². The second kappa shape index (κ2) is 6.14. The molecule has 0 spiro atoms. The number of hydrogen-bond donors (Lipinski definition) is 1. The van der Waals surface area contributed by atoms with E-state index in [1.165, 1.54) is 0 Å². The summed E-state index contributed by atoms with van der Waals surface area (Å²) in [7, 11) is 0. The number of hydrogen-bond acceptors (Lipinski definition) is 4. The maximum atomic E-state index is 10.9. The average molecular weight is 274 g/mol. The molecule has 1 N–H and O–H groups in total. The van der Waals surface area contributed by atoms with Crippen molar-refractivity contribution in [2.24, 2.45) is 11.8 Å². The van der Waals surface area contributed by atoms with Crippen molar-refractivity contribution in [1.29, 1.82) is 0 Å². The van der Waals surface area contributed by atoms with Crippen LogP contribution in [0.4, 0.5) is 0 Å². The van der Waals surface area contributed by atoms with E-state index in [0.717, 1.165) is 12.8 Å². The molecule has 104 valence electrons. The summed E-state index contributed by atoms with van der Waals surface area (Å²) in [6.45, 7) is 0. The lowest BCUT2D eigenvalue weighted by Gasteiger charge is -2.12. The van der Waals surface area contributed by atoms with E-state index in [4.69, 9.17) is 5.11 Å². The first-order valence-electron chi connectivity index (χ1n) is 6.30. The Morgan fingerprint density at radius 2 is 1.85 bits per heavy atom. The predicted molar refractivity (Wildman–Crippen MR) is 69.9 cm³/mol. The summed E-state index contributed by atoms with van der Waals surface area (Å²) in [4.78, 5) is 32.1. The van der Waals surface area contributed by atoms with Crippen molar-refractivity contribution in [3.05, 3.63) is 48.0 Å². The topological polar surface area (TPSA) is 80.7 Å². The summed E-state index contributed by atoms with van der Waals surface area (Å²) in [5.74, 6) is -2.07. The van der Waals surface area contributed by atoms with Crippen molar-refractivity contribution in [2.75, 3.05) is 0 Å². The van der Waals surface area contributed by atoms with Gasteiger partial charge in [0.25, 0.3) is 0 Å². The predicted octanol–water partition coefficient (Wildman–Crippen LogP) is 2.04. The van der Waals surface area contributed by atoms with Gasteiger partial charge in [-0.1, -0.05) is 30.4 Å². The van der Waals surface area contributed by atoms with Crippen molar-refractivity contribution < 1.29 is 24.2 Å². The third-order valence-corrected chi connectivity index (χ3v) is 3.22. The first-order valence-corrected chi connectivity index (χ1v) is 6.30. The molecule has 1 saturated heterocycles. The van der Waals surface area contributed by atoms with E-state index in [0.29, 0.717) is 5.56 Å². The summed E-state index contributed by atoms with van der Waals surface area (Å²) < 4.78 is 4.48. The lowest BCUT2D eigenvalue weighted by Crippen LogP contribution is -2.17. The number of cyclic esters (lactones) is 2. The van der Waals surface area contributed by atoms with Crippen molar-refractivity contribution in [2.45, 2.75) is 12.8 Å². The fourth-order valence-electron chi connectivity index (χ4n) is 2.16. The van der Waals surface area contributed by atoms with Crippen molar-refractivity contribution in [3.63, 3.8) is 0 Å². The molecule has 0 bridgehead atoms. The van der Waals surface area contributed by atoms with E-state index in [2.05, 4.69) is 4.74 Å². The summed E-state index contributed by atoms with van der Waals surface area (Å²) in [5.41, 5.74) is 0.331. The van der Waals surface area contributed by atoms with E-state index in [9.17, 15) is 14.4 Å². The molecule has 5 nitrogen and oxygen atoms in total. The van der Waals surface area contributed by atoms with Gasteiger partial charge in [-0.05, 0) is 25.0 Å². The number of carboxylic acid groups (broad SMARTS) is 1. The summed E-state index contributed by atoms with van der Waals surface area (Å²) in [6.07, 6.45) is 5.34. The first kappa shape index (κ1) is 14.0. The van der Waals surface area contributed by atoms with Gasteiger partial charge in [-0.25, -0.2) is 4.79 Å². The van der Waals surface area contributed by atoms with Gasteiger partial charge in [0.05, 0.1) is 17.4 Å². The van der Waals surface area contributed by atoms with Crippen molar-refractivity contribution in [3.8, 4) is 0 Å². The summed E-state index contributed by atoms with van der Waals surface area (Å²) in [5, 5.41) is 8.38. The van der Waals surface area contributed by atoms with Crippen molar-refractivity contribution in [1.82, 2.24) is 0 Å². The molecule has 0 radical (unpaired) electrons. The van der Waals surface area contributed by atoms with Gasteiger partial charge in [0, 0.05) is 0 Å². The van der Waals surface area contributed by atoms with Gasteiger partial charge in [-0.15, -0.1) is 0 Å². The Labute approximate surface area is 115 Å². The van der Waals surface area contributed by atoms with Gasteiger partial charge in [-0.3, -0.25) is 9.59 Å². The van der Waals surface area contributed by atoms with Crippen molar-refractivity contribution >= 4 is 17.9 Å². The van der Waals surface area contributed by atoms with Gasteiger partial charge >= 0.3 is 17.9 Å². The molecule has 2 aliphatic rings. The Morgan fingerprint density at radius 3 is 2.40 bits per heavy atom. The average Bonchev–Trinajstić information content (AvgIpc) is 2.76. The van der Waals surface area contributed by atoms with Crippen LogP contribution in [0.2, 0.25) is 0 Å². The molecule has 0 amide bonds. The molecule has 2 atom stereocenters. The normalized spacial score (nSPS) is 23.4.